The number of aliphatic hydroxyl groups excluding tert-OH is 4. The Bertz CT molecular complexity index is 1700. The van der Waals surface area contributed by atoms with Crippen LogP contribution < -0.4 is 17.0 Å². The van der Waals surface area contributed by atoms with Gasteiger partial charge in [0.25, 0.3) is 5.56 Å². The fraction of sp³-hybridized carbons (Fsp3) is 0.526. The first-order chi connectivity index (χ1) is 20.2. The first-order valence-corrected chi connectivity index (χ1v) is 15.1. The molecule has 2 fully saturated rings. The van der Waals surface area contributed by atoms with E-state index < -0.39 is 89.2 Å². The molecular weight excluding hydrogens is 628 g/mol. The van der Waals surface area contributed by atoms with Crippen LogP contribution in [0.25, 0.3) is 11.2 Å². The Kier molecular flexibility index (Phi) is 8.68. The van der Waals surface area contributed by atoms with Gasteiger partial charge in [0, 0.05) is 12.3 Å². The number of anilines is 1. The number of aliphatic hydroxyl groups is 4. The van der Waals surface area contributed by atoms with Crippen LogP contribution in [-0.2, 0) is 32.0 Å². The van der Waals surface area contributed by atoms with Crippen molar-refractivity contribution in [2.75, 3.05) is 18.9 Å². The molecule has 9 N–H and O–H groups in total. The molecule has 0 bridgehead atoms. The fourth-order valence-corrected chi connectivity index (χ4v) is 6.48. The highest BCUT2D eigenvalue weighted by Crippen LogP contribution is 2.60. The van der Waals surface area contributed by atoms with E-state index in [4.69, 9.17) is 15.2 Å². The average molecular weight is 653 g/mol. The Hall–Kier alpha value is -2.95. The Morgan fingerprint density at radius 2 is 1.44 bits per heavy atom. The number of aromatic amines is 1. The summed E-state index contributed by atoms with van der Waals surface area (Å²) >= 11 is 0. The molecule has 43 heavy (non-hydrogen) atoms. The SMILES string of the molecule is Nc1ncnc2c1ncn2[C@@H]1O[C@H](COP(=O)(O)OP(=O)(O)OC[C@H]2O[C@@H](n3ccc(=O)[nH]c3=O)[C@H](O)[C@@H]2O)[C@@H](O)[C@H]1O. The van der Waals surface area contributed by atoms with Gasteiger partial charge in [-0.05, 0) is 0 Å². The number of nitrogens with one attached hydrogen (secondary N) is 1. The number of H-pyrrole nitrogens is 1. The molecule has 24 heteroatoms. The second kappa shape index (κ2) is 11.9. The number of nitrogens with two attached hydrogens (primary N) is 1. The number of phosphoric acid groups is 2. The van der Waals surface area contributed by atoms with Crippen molar-refractivity contribution in [3.8, 4) is 0 Å². The van der Waals surface area contributed by atoms with E-state index in [2.05, 4.69) is 28.3 Å². The summed E-state index contributed by atoms with van der Waals surface area (Å²) in [7, 11) is -10.8. The Balaban J connectivity index is 1.16. The zero-order valence-electron chi connectivity index (χ0n) is 21.4. The van der Waals surface area contributed by atoms with Gasteiger partial charge in [0.1, 0.15) is 48.5 Å². The number of phosphoric ester groups is 2. The van der Waals surface area contributed by atoms with Gasteiger partial charge in [0.15, 0.2) is 23.9 Å². The van der Waals surface area contributed by atoms with E-state index in [0.717, 1.165) is 23.2 Å². The lowest BCUT2D eigenvalue weighted by atomic mass is 10.1. The maximum absolute atomic E-state index is 12.4. The maximum atomic E-state index is 12.4. The molecule has 3 aromatic heterocycles. The summed E-state index contributed by atoms with van der Waals surface area (Å²) < 4.78 is 51.0. The maximum Gasteiger partial charge on any atom is 0.481 e. The lowest BCUT2D eigenvalue weighted by Gasteiger charge is -2.20. The van der Waals surface area contributed by atoms with Crippen LogP contribution in [0.3, 0.4) is 0 Å². The van der Waals surface area contributed by atoms with Crippen molar-refractivity contribution >= 4 is 32.6 Å². The highest BCUT2D eigenvalue weighted by atomic mass is 31.3. The van der Waals surface area contributed by atoms with Crippen molar-refractivity contribution in [3.63, 3.8) is 0 Å². The summed E-state index contributed by atoms with van der Waals surface area (Å²) in [5.74, 6) is 0.0416. The van der Waals surface area contributed by atoms with E-state index in [1.807, 2.05) is 4.98 Å². The largest absolute Gasteiger partial charge is 0.481 e. The molecule has 0 spiro atoms. The summed E-state index contributed by atoms with van der Waals surface area (Å²) in [6, 6.07) is 0.948. The van der Waals surface area contributed by atoms with Gasteiger partial charge in [0.05, 0.1) is 19.5 Å². The average Bonchev–Trinajstić information content (AvgIpc) is 3.57. The summed E-state index contributed by atoms with van der Waals surface area (Å²) in [4.78, 5) is 56.9. The van der Waals surface area contributed by atoms with Crippen molar-refractivity contribution in [1.29, 1.82) is 0 Å². The Labute approximate surface area is 238 Å². The van der Waals surface area contributed by atoms with Crippen molar-refractivity contribution in [3.05, 3.63) is 45.8 Å². The second-order valence-electron chi connectivity index (χ2n) is 9.30. The Morgan fingerprint density at radius 1 is 0.884 bits per heavy atom. The molecule has 0 amide bonds. The molecule has 0 saturated carbocycles. The van der Waals surface area contributed by atoms with Gasteiger partial charge < -0.3 is 45.4 Å². The molecule has 5 heterocycles. The summed E-state index contributed by atoms with van der Waals surface area (Å²) in [5.41, 5.74) is 4.36. The molecule has 2 aliphatic heterocycles. The van der Waals surface area contributed by atoms with Gasteiger partial charge in [-0.1, -0.05) is 0 Å². The van der Waals surface area contributed by atoms with Crippen molar-refractivity contribution in [2.45, 2.75) is 49.1 Å². The lowest BCUT2D eigenvalue weighted by Crippen LogP contribution is -2.37. The molecule has 5 rings (SSSR count). The minimum Gasteiger partial charge on any atom is -0.387 e. The number of ether oxygens (including phenoxy) is 2. The third-order valence-corrected chi connectivity index (χ3v) is 9.07. The number of nitrogen functional groups attached to an aromatic ring is 1. The molecule has 0 radical (unpaired) electrons. The molecule has 236 valence electrons. The highest BCUT2D eigenvalue weighted by molar-refractivity contribution is 7.61. The normalized spacial score (nSPS) is 32.1. The van der Waals surface area contributed by atoms with Gasteiger partial charge in [-0.3, -0.25) is 28.0 Å². The van der Waals surface area contributed by atoms with Gasteiger partial charge in [-0.25, -0.2) is 28.9 Å². The zero-order valence-corrected chi connectivity index (χ0v) is 23.2. The van der Waals surface area contributed by atoms with Crippen LogP contribution in [0, 0.1) is 0 Å². The van der Waals surface area contributed by atoms with Crippen LogP contribution in [-0.4, -0.2) is 109 Å². The smallest absolute Gasteiger partial charge is 0.387 e. The van der Waals surface area contributed by atoms with Crippen molar-refractivity contribution < 1.29 is 62.2 Å². The Morgan fingerprint density at radius 3 is 2.00 bits per heavy atom. The number of aromatic nitrogens is 6. The minimum absolute atomic E-state index is 0.0416. The molecule has 2 unspecified atom stereocenters. The summed E-state index contributed by atoms with van der Waals surface area (Å²) in [6.45, 7) is -1.90. The van der Waals surface area contributed by atoms with E-state index in [-0.39, 0.29) is 17.0 Å². The van der Waals surface area contributed by atoms with E-state index >= 15 is 0 Å². The van der Waals surface area contributed by atoms with Crippen LogP contribution in [0.15, 0.2) is 34.5 Å². The third-order valence-electron chi connectivity index (χ3n) is 6.47. The van der Waals surface area contributed by atoms with Crippen LogP contribution in [0.4, 0.5) is 5.82 Å². The summed E-state index contributed by atoms with van der Waals surface area (Å²) in [6.07, 6.45) is -9.26. The predicted molar refractivity (Wildman–Crippen MR) is 136 cm³/mol. The molecule has 2 saturated heterocycles. The second-order valence-corrected chi connectivity index (χ2v) is 12.3. The first-order valence-electron chi connectivity index (χ1n) is 12.1. The molecule has 2 aliphatic rings. The van der Waals surface area contributed by atoms with Crippen LogP contribution in [0.5, 0.6) is 0 Å². The third kappa shape index (κ3) is 6.47. The molecule has 0 aromatic carbocycles. The van der Waals surface area contributed by atoms with Gasteiger partial charge in [-0.2, -0.15) is 4.31 Å². The van der Waals surface area contributed by atoms with Crippen LogP contribution in [0.2, 0.25) is 0 Å². The molecule has 3 aromatic rings. The minimum atomic E-state index is -5.41. The number of rotatable bonds is 10. The van der Waals surface area contributed by atoms with Crippen molar-refractivity contribution in [2.24, 2.45) is 0 Å². The molecule has 0 aliphatic carbocycles. The number of nitrogens with zero attached hydrogens (tertiary/aromatic N) is 5. The fourth-order valence-electron chi connectivity index (χ4n) is 4.39. The standard InChI is InChI=1S/C19H25N7O15P2/c20-15-10-16(22-5-21-15)26(6-23-10)18-14(31)12(29)8(40-18)4-38-43(35,36)41-42(33,34)37-3-7-11(28)13(30)17(39-7)25-2-1-9(27)24-19(25)32/h1-2,5-8,11-14,17-18,28-31H,3-4H2,(H,33,34)(H,35,36)(H2,20,21,22)(H,24,27,32)/t7-,8-,11-,12-,13-,14-,17-,18-/m1/s1. The number of hydrogen-bond acceptors (Lipinski definition) is 17. The van der Waals surface area contributed by atoms with E-state index in [1.165, 1.54) is 10.9 Å². The zero-order chi connectivity index (χ0) is 31.3. The lowest BCUT2D eigenvalue weighted by molar-refractivity contribution is -0.0555. The van der Waals surface area contributed by atoms with Gasteiger partial charge >= 0.3 is 21.3 Å². The predicted octanol–water partition coefficient (Wildman–Crippen LogP) is -3.55. The molecule has 10 atom stereocenters. The van der Waals surface area contributed by atoms with E-state index in [1.54, 1.807) is 0 Å². The van der Waals surface area contributed by atoms with Crippen LogP contribution in [0.1, 0.15) is 12.5 Å². The van der Waals surface area contributed by atoms with Crippen LogP contribution >= 0.6 is 15.6 Å². The van der Waals surface area contributed by atoms with Crippen molar-refractivity contribution in [1.82, 2.24) is 29.1 Å². The number of imidazole rings is 1. The van der Waals surface area contributed by atoms with E-state index in [9.17, 15) is 48.9 Å². The quantitative estimate of drug-likeness (QED) is 0.0981. The van der Waals surface area contributed by atoms with Gasteiger partial charge in [-0.15, -0.1) is 0 Å². The molecule has 22 nitrogen and oxygen atoms in total. The van der Waals surface area contributed by atoms with Gasteiger partial charge in [0.2, 0.25) is 0 Å². The number of fused-ring (bicyclic) bond motifs is 1. The highest BCUT2D eigenvalue weighted by Gasteiger charge is 2.48. The summed E-state index contributed by atoms with van der Waals surface area (Å²) in [5, 5.41) is 41.3. The number of hydrogen-bond donors (Lipinski definition) is 8. The molecular formula is C19H25N7O15P2. The topological polar surface area (TPSA) is 326 Å². The monoisotopic (exact) mass is 653 g/mol. The first kappa shape index (κ1) is 31.5. The van der Waals surface area contributed by atoms with E-state index in [0.29, 0.717) is 0 Å².